The molecule has 5 nitrogen and oxygen atoms in total. The molecule has 0 aliphatic rings. The zero-order chi connectivity index (χ0) is 17.5. The molecule has 1 rings (SSSR count). The normalized spacial score (nSPS) is 11.2. The molecule has 2 N–H and O–H groups in total. The van der Waals surface area contributed by atoms with E-state index in [2.05, 4.69) is 12.2 Å². The number of nitrogens with one attached hydrogen (secondary N) is 1. The highest BCUT2D eigenvalue weighted by Crippen LogP contribution is 2.22. The summed E-state index contributed by atoms with van der Waals surface area (Å²) in [5.41, 5.74) is 0.790. The van der Waals surface area contributed by atoms with E-state index in [1.54, 1.807) is 18.7 Å². The van der Waals surface area contributed by atoms with Crippen LogP contribution in [0.4, 0.5) is 10.5 Å². The van der Waals surface area contributed by atoms with Crippen molar-refractivity contribution < 1.29 is 14.6 Å². The van der Waals surface area contributed by atoms with Crippen LogP contribution in [0.15, 0.2) is 18.2 Å². The van der Waals surface area contributed by atoms with Gasteiger partial charge in [-0.1, -0.05) is 13.3 Å². The molecule has 0 aromatic heterocycles. The molecule has 1 aromatic rings. The van der Waals surface area contributed by atoms with Gasteiger partial charge in [0, 0.05) is 12.2 Å². The standard InChI is InChI=1S/C18H30N2O3/c1-6-8-11-23-15-9-10-16(14(3)12-15)19-17(21)20(7-2)13-18(4,5)22/h9-10,12,22H,6-8,11,13H2,1-5H3,(H,19,21). The fraction of sp³-hybridized carbons (Fsp3) is 0.611. The first kappa shape index (κ1) is 19.3. The maximum atomic E-state index is 12.3. The maximum Gasteiger partial charge on any atom is 0.321 e. The van der Waals surface area contributed by atoms with E-state index in [-0.39, 0.29) is 12.6 Å². The summed E-state index contributed by atoms with van der Waals surface area (Å²) in [5.74, 6) is 0.817. The molecule has 0 aliphatic carbocycles. The van der Waals surface area contributed by atoms with E-state index >= 15 is 0 Å². The minimum Gasteiger partial charge on any atom is -0.494 e. The largest absolute Gasteiger partial charge is 0.494 e. The van der Waals surface area contributed by atoms with E-state index < -0.39 is 5.60 Å². The van der Waals surface area contributed by atoms with E-state index in [1.165, 1.54) is 0 Å². The van der Waals surface area contributed by atoms with Crippen molar-refractivity contribution in [3.05, 3.63) is 23.8 Å². The summed E-state index contributed by atoms with van der Waals surface area (Å²) < 4.78 is 5.67. The maximum absolute atomic E-state index is 12.3. The average Bonchev–Trinajstić information content (AvgIpc) is 2.46. The lowest BCUT2D eigenvalue weighted by Gasteiger charge is -2.28. The predicted octanol–water partition coefficient (Wildman–Crippen LogP) is 3.80. The monoisotopic (exact) mass is 322 g/mol. The van der Waals surface area contributed by atoms with Gasteiger partial charge in [0.15, 0.2) is 0 Å². The number of carbonyl (C=O) groups is 1. The number of benzene rings is 1. The molecule has 130 valence electrons. The van der Waals surface area contributed by atoms with Gasteiger partial charge in [-0.15, -0.1) is 0 Å². The summed E-state index contributed by atoms with van der Waals surface area (Å²) >= 11 is 0. The van der Waals surface area contributed by atoms with Gasteiger partial charge in [0.05, 0.1) is 18.8 Å². The van der Waals surface area contributed by atoms with Crippen molar-refractivity contribution in [1.82, 2.24) is 4.90 Å². The number of hydrogen-bond donors (Lipinski definition) is 2. The van der Waals surface area contributed by atoms with Crippen LogP contribution in [-0.4, -0.2) is 41.3 Å². The van der Waals surface area contributed by atoms with Gasteiger partial charge in [-0.25, -0.2) is 4.79 Å². The molecule has 0 bridgehead atoms. The Morgan fingerprint density at radius 1 is 1.35 bits per heavy atom. The molecule has 1 aromatic carbocycles. The molecular formula is C18H30N2O3. The molecule has 0 unspecified atom stereocenters. The van der Waals surface area contributed by atoms with Crippen molar-refractivity contribution in [3.63, 3.8) is 0 Å². The number of urea groups is 1. The molecule has 0 aliphatic heterocycles. The fourth-order valence-corrected chi connectivity index (χ4v) is 2.19. The Kier molecular flexibility index (Phi) is 7.36. The number of rotatable bonds is 8. The third-order valence-corrected chi connectivity index (χ3v) is 3.45. The van der Waals surface area contributed by atoms with Gasteiger partial charge in [-0.3, -0.25) is 0 Å². The third-order valence-electron chi connectivity index (χ3n) is 3.45. The number of ether oxygens (including phenoxy) is 1. The summed E-state index contributed by atoms with van der Waals surface area (Å²) in [5, 5.41) is 12.8. The topological polar surface area (TPSA) is 61.8 Å². The van der Waals surface area contributed by atoms with Crippen LogP contribution in [0, 0.1) is 6.92 Å². The quantitative estimate of drug-likeness (QED) is 0.716. The number of amides is 2. The number of aliphatic hydroxyl groups is 1. The Morgan fingerprint density at radius 2 is 2.04 bits per heavy atom. The van der Waals surface area contributed by atoms with Crippen LogP contribution in [0.2, 0.25) is 0 Å². The lowest BCUT2D eigenvalue weighted by molar-refractivity contribution is 0.0501. The molecule has 0 spiro atoms. The molecule has 0 heterocycles. The molecule has 5 heteroatoms. The number of carbonyl (C=O) groups excluding carboxylic acids is 1. The van der Waals surface area contributed by atoms with Crippen molar-refractivity contribution >= 4 is 11.7 Å². The van der Waals surface area contributed by atoms with Gasteiger partial charge in [-0.2, -0.15) is 0 Å². The highest BCUT2D eigenvalue weighted by atomic mass is 16.5. The third kappa shape index (κ3) is 6.91. The molecule has 0 saturated carbocycles. The first-order valence-corrected chi connectivity index (χ1v) is 8.28. The SMILES string of the molecule is CCCCOc1ccc(NC(=O)N(CC)CC(C)(C)O)c(C)c1. The van der Waals surface area contributed by atoms with E-state index in [0.29, 0.717) is 13.2 Å². The molecule has 0 fully saturated rings. The van der Waals surface area contributed by atoms with Crippen molar-refractivity contribution in [2.24, 2.45) is 0 Å². The first-order chi connectivity index (χ1) is 10.8. The Balaban J connectivity index is 2.70. The van der Waals surface area contributed by atoms with Crippen LogP contribution >= 0.6 is 0 Å². The van der Waals surface area contributed by atoms with Crippen LogP contribution < -0.4 is 10.1 Å². The summed E-state index contributed by atoms with van der Waals surface area (Å²) in [7, 11) is 0. The lowest BCUT2D eigenvalue weighted by Crippen LogP contribution is -2.44. The zero-order valence-electron chi connectivity index (χ0n) is 15.0. The predicted molar refractivity (Wildman–Crippen MR) is 94.1 cm³/mol. The number of anilines is 1. The number of hydrogen-bond acceptors (Lipinski definition) is 3. The number of unbranched alkanes of at least 4 members (excludes halogenated alkanes) is 1. The number of nitrogens with zero attached hydrogens (tertiary/aromatic N) is 1. The Bertz CT molecular complexity index is 509. The minimum absolute atomic E-state index is 0.211. The lowest BCUT2D eigenvalue weighted by atomic mass is 10.1. The summed E-state index contributed by atoms with van der Waals surface area (Å²) in [6.07, 6.45) is 2.13. The molecule has 23 heavy (non-hydrogen) atoms. The molecule has 0 radical (unpaired) electrons. The zero-order valence-corrected chi connectivity index (χ0v) is 15.0. The van der Waals surface area contributed by atoms with E-state index in [1.807, 2.05) is 32.0 Å². The van der Waals surface area contributed by atoms with Gasteiger partial charge < -0.3 is 20.1 Å². The van der Waals surface area contributed by atoms with E-state index in [0.717, 1.165) is 29.8 Å². The highest BCUT2D eigenvalue weighted by Gasteiger charge is 2.21. The van der Waals surface area contributed by atoms with Crippen LogP contribution in [0.3, 0.4) is 0 Å². The minimum atomic E-state index is -0.917. The van der Waals surface area contributed by atoms with E-state index in [9.17, 15) is 9.90 Å². The molecular weight excluding hydrogens is 292 g/mol. The van der Waals surface area contributed by atoms with Gasteiger partial charge in [0.25, 0.3) is 0 Å². The van der Waals surface area contributed by atoms with Crippen molar-refractivity contribution in [3.8, 4) is 5.75 Å². The Morgan fingerprint density at radius 3 is 2.57 bits per heavy atom. The Hall–Kier alpha value is -1.75. The van der Waals surface area contributed by atoms with Crippen molar-refractivity contribution in [1.29, 1.82) is 0 Å². The highest BCUT2D eigenvalue weighted by molar-refractivity contribution is 5.90. The first-order valence-electron chi connectivity index (χ1n) is 8.28. The number of likely N-dealkylation sites (N-methyl/N-ethyl adjacent to an activating group) is 1. The van der Waals surface area contributed by atoms with Crippen LogP contribution in [-0.2, 0) is 0 Å². The van der Waals surface area contributed by atoms with Gasteiger partial charge >= 0.3 is 6.03 Å². The van der Waals surface area contributed by atoms with Crippen molar-refractivity contribution in [2.75, 3.05) is 25.0 Å². The molecule has 2 amide bonds. The van der Waals surface area contributed by atoms with Gasteiger partial charge in [-0.05, 0) is 57.9 Å². The van der Waals surface area contributed by atoms with Crippen molar-refractivity contribution in [2.45, 2.75) is 53.1 Å². The summed E-state index contributed by atoms with van der Waals surface area (Å²) in [6, 6.07) is 5.44. The van der Waals surface area contributed by atoms with E-state index in [4.69, 9.17) is 4.74 Å². The summed E-state index contributed by atoms with van der Waals surface area (Å²) in [4.78, 5) is 13.9. The second-order valence-corrected chi connectivity index (χ2v) is 6.44. The van der Waals surface area contributed by atoms with Crippen LogP contribution in [0.1, 0.15) is 46.1 Å². The summed E-state index contributed by atoms with van der Waals surface area (Å²) in [6.45, 7) is 10.9. The van der Waals surface area contributed by atoms with Crippen LogP contribution in [0.25, 0.3) is 0 Å². The van der Waals surface area contributed by atoms with Gasteiger partial charge in [0.1, 0.15) is 5.75 Å². The molecule has 0 atom stereocenters. The molecule has 0 saturated heterocycles. The van der Waals surface area contributed by atoms with Crippen LogP contribution in [0.5, 0.6) is 5.75 Å². The smallest absolute Gasteiger partial charge is 0.321 e. The Labute approximate surface area is 139 Å². The second kappa shape index (κ2) is 8.77. The fourth-order valence-electron chi connectivity index (χ4n) is 2.19. The van der Waals surface area contributed by atoms with Gasteiger partial charge in [0.2, 0.25) is 0 Å². The second-order valence-electron chi connectivity index (χ2n) is 6.44. The number of aryl methyl sites for hydroxylation is 1. The average molecular weight is 322 g/mol.